The average molecular weight is 288 g/mol. The van der Waals surface area contributed by atoms with Crippen LogP contribution in [-0.4, -0.2) is 13.6 Å². The summed E-state index contributed by atoms with van der Waals surface area (Å²) in [6.45, 7) is 5.30. The first-order valence-corrected chi connectivity index (χ1v) is 6.32. The fourth-order valence-corrected chi connectivity index (χ4v) is 2.15. The van der Waals surface area contributed by atoms with E-state index in [2.05, 4.69) is 35.1 Å². The van der Waals surface area contributed by atoms with Crippen molar-refractivity contribution >= 4 is 15.9 Å². The van der Waals surface area contributed by atoms with Crippen LogP contribution in [0.5, 0.6) is 0 Å². The van der Waals surface area contributed by atoms with Gasteiger partial charge in [0.1, 0.15) is 5.82 Å². The lowest BCUT2D eigenvalue weighted by molar-refractivity contribution is 0.325. The van der Waals surface area contributed by atoms with Crippen LogP contribution >= 0.6 is 15.9 Å². The largest absolute Gasteiger partial charge is 0.320 e. The lowest BCUT2D eigenvalue weighted by Gasteiger charge is -2.25. The van der Waals surface area contributed by atoms with E-state index in [9.17, 15) is 4.39 Å². The molecule has 0 aromatic heterocycles. The Bertz CT molecular complexity index is 350. The van der Waals surface area contributed by atoms with Gasteiger partial charge in [0.25, 0.3) is 0 Å². The first kappa shape index (κ1) is 13.7. The van der Waals surface area contributed by atoms with Gasteiger partial charge >= 0.3 is 0 Å². The third-order valence-corrected chi connectivity index (χ3v) is 3.22. The molecule has 0 bridgehead atoms. The molecule has 0 radical (unpaired) electrons. The van der Waals surface area contributed by atoms with Crippen LogP contribution in [0.1, 0.15) is 25.8 Å². The molecule has 0 unspecified atom stereocenters. The van der Waals surface area contributed by atoms with Crippen molar-refractivity contribution in [1.82, 2.24) is 5.32 Å². The second-order valence-corrected chi connectivity index (χ2v) is 5.85. The van der Waals surface area contributed by atoms with Crippen LogP contribution in [0.25, 0.3) is 0 Å². The van der Waals surface area contributed by atoms with Crippen LogP contribution in [0.3, 0.4) is 0 Å². The van der Waals surface area contributed by atoms with Gasteiger partial charge in [-0.15, -0.1) is 0 Å². The van der Waals surface area contributed by atoms with Crippen molar-refractivity contribution in [1.29, 1.82) is 0 Å². The maximum atomic E-state index is 13.6. The van der Waals surface area contributed by atoms with Gasteiger partial charge < -0.3 is 5.32 Å². The molecule has 0 heterocycles. The maximum absolute atomic E-state index is 13.6. The molecule has 1 aromatic rings. The second-order valence-electron chi connectivity index (χ2n) is 4.93. The number of rotatable bonds is 5. The fourth-order valence-electron chi connectivity index (χ4n) is 1.75. The second kappa shape index (κ2) is 5.78. The molecule has 0 fully saturated rings. The third kappa shape index (κ3) is 4.22. The molecule has 1 rings (SSSR count). The minimum atomic E-state index is -0.110. The highest BCUT2D eigenvalue weighted by Crippen LogP contribution is 2.28. The van der Waals surface area contributed by atoms with Gasteiger partial charge in [-0.2, -0.15) is 0 Å². The molecule has 0 atom stereocenters. The number of hydrogen-bond donors (Lipinski definition) is 1. The van der Waals surface area contributed by atoms with E-state index in [-0.39, 0.29) is 11.2 Å². The van der Waals surface area contributed by atoms with Crippen LogP contribution in [0.2, 0.25) is 0 Å². The molecule has 0 aliphatic rings. The Labute approximate surface area is 106 Å². The Morgan fingerprint density at radius 3 is 2.69 bits per heavy atom. The first-order chi connectivity index (χ1) is 7.44. The summed E-state index contributed by atoms with van der Waals surface area (Å²) in [6.07, 6.45) is 1.80. The zero-order valence-electron chi connectivity index (χ0n) is 10.1. The molecule has 0 aliphatic carbocycles. The molecular formula is C13H19BrFN. The van der Waals surface area contributed by atoms with Gasteiger partial charge in [-0.05, 0) is 55.6 Å². The van der Waals surface area contributed by atoms with Crippen molar-refractivity contribution < 1.29 is 4.39 Å². The Morgan fingerprint density at radius 2 is 2.06 bits per heavy atom. The summed E-state index contributed by atoms with van der Waals surface area (Å²) in [6, 6.07) is 5.13. The molecule has 0 amide bonds. The quantitative estimate of drug-likeness (QED) is 0.869. The SMILES string of the molecule is CNCCC(C)(C)Cc1cc(Br)ccc1F. The highest BCUT2D eigenvalue weighted by molar-refractivity contribution is 9.10. The minimum absolute atomic E-state index is 0.110. The molecule has 0 saturated carbocycles. The van der Waals surface area contributed by atoms with Gasteiger partial charge in [0.05, 0.1) is 0 Å². The van der Waals surface area contributed by atoms with E-state index in [1.165, 1.54) is 6.07 Å². The highest BCUT2D eigenvalue weighted by atomic mass is 79.9. The summed E-state index contributed by atoms with van der Waals surface area (Å²) >= 11 is 3.38. The van der Waals surface area contributed by atoms with Gasteiger partial charge in [0, 0.05) is 4.47 Å². The molecule has 1 nitrogen and oxygen atoms in total. The molecule has 16 heavy (non-hydrogen) atoms. The molecule has 90 valence electrons. The minimum Gasteiger partial charge on any atom is -0.320 e. The normalized spacial score (nSPS) is 11.8. The smallest absolute Gasteiger partial charge is 0.126 e. The fraction of sp³-hybridized carbons (Fsp3) is 0.538. The van der Waals surface area contributed by atoms with Crippen molar-refractivity contribution in [2.24, 2.45) is 5.41 Å². The maximum Gasteiger partial charge on any atom is 0.126 e. The van der Waals surface area contributed by atoms with E-state index < -0.39 is 0 Å². The van der Waals surface area contributed by atoms with Crippen LogP contribution in [0.15, 0.2) is 22.7 Å². The summed E-state index contributed by atoms with van der Waals surface area (Å²) in [5.41, 5.74) is 0.903. The summed E-state index contributed by atoms with van der Waals surface area (Å²) in [5.74, 6) is -0.110. The Balaban J connectivity index is 2.74. The van der Waals surface area contributed by atoms with Gasteiger partial charge in [0.15, 0.2) is 0 Å². The molecule has 0 aliphatic heterocycles. The molecule has 3 heteroatoms. The van der Waals surface area contributed by atoms with Crippen molar-refractivity contribution in [3.63, 3.8) is 0 Å². The van der Waals surface area contributed by atoms with Crippen molar-refractivity contribution in [3.05, 3.63) is 34.1 Å². The van der Waals surface area contributed by atoms with Crippen molar-refractivity contribution in [2.45, 2.75) is 26.7 Å². The van der Waals surface area contributed by atoms with E-state index in [4.69, 9.17) is 0 Å². The van der Waals surface area contributed by atoms with E-state index >= 15 is 0 Å². The predicted octanol–water partition coefficient (Wildman–Crippen LogP) is 3.77. The molecular weight excluding hydrogens is 269 g/mol. The molecule has 1 N–H and O–H groups in total. The standard InChI is InChI=1S/C13H19BrFN/c1-13(2,6-7-16-3)9-10-8-11(14)4-5-12(10)15/h4-5,8,16H,6-7,9H2,1-3H3. The number of halogens is 2. The van der Waals surface area contributed by atoms with Crippen LogP contribution in [0, 0.1) is 11.2 Å². The lowest BCUT2D eigenvalue weighted by atomic mass is 9.82. The summed E-state index contributed by atoms with van der Waals surface area (Å²) in [4.78, 5) is 0. The van der Waals surface area contributed by atoms with Crippen LogP contribution < -0.4 is 5.32 Å². The number of benzene rings is 1. The zero-order valence-corrected chi connectivity index (χ0v) is 11.7. The van der Waals surface area contributed by atoms with Crippen molar-refractivity contribution in [3.8, 4) is 0 Å². The topological polar surface area (TPSA) is 12.0 Å². The van der Waals surface area contributed by atoms with Crippen LogP contribution in [-0.2, 0) is 6.42 Å². The van der Waals surface area contributed by atoms with Crippen molar-refractivity contribution in [2.75, 3.05) is 13.6 Å². The Morgan fingerprint density at radius 1 is 1.38 bits per heavy atom. The third-order valence-electron chi connectivity index (χ3n) is 2.73. The lowest BCUT2D eigenvalue weighted by Crippen LogP contribution is -2.22. The van der Waals surface area contributed by atoms with Gasteiger partial charge in [-0.3, -0.25) is 0 Å². The van der Waals surface area contributed by atoms with E-state index in [1.807, 2.05) is 13.1 Å². The predicted molar refractivity (Wildman–Crippen MR) is 70.1 cm³/mol. The van der Waals surface area contributed by atoms with Gasteiger partial charge in [-0.25, -0.2) is 4.39 Å². The Kier molecular flexibility index (Phi) is 4.93. The highest BCUT2D eigenvalue weighted by Gasteiger charge is 2.19. The zero-order chi connectivity index (χ0) is 12.2. The van der Waals surface area contributed by atoms with E-state index in [0.717, 1.165) is 29.4 Å². The number of hydrogen-bond acceptors (Lipinski definition) is 1. The van der Waals surface area contributed by atoms with E-state index in [0.29, 0.717) is 0 Å². The summed E-state index contributed by atoms with van der Waals surface area (Å²) < 4.78 is 14.5. The molecule has 0 saturated heterocycles. The summed E-state index contributed by atoms with van der Waals surface area (Å²) in [7, 11) is 1.94. The van der Waals surface area contributed by atoms with Gasteiger partial charge in [-0.1, -0.05) is 29.8 Å². The van der Waals surface area contributed by atoms with Gasteiger partial charge in [0.2, 0.25) is 0 Å². The Hall–Kier alpha value is -0.410. The summed E-state index contributed by atoms with van der Waals surface area (Å²) in [5, 5.41) is 3.13. The van der Waals surface area contributed by atoms with Crippen LogP contribution in [0.4, 0.5) is 4.39 Å². The van der Waals surface area contributed by atoms with E-state index in [1.54, 1.807) is 6.07 Å². The molecule has 0 spiro atoms. The first-order valence-electron chi connectivity index (χ1n) is 5.53. The number of nitrogens with one attached hydrogen (secondary N) is 1. The molecule has 1 aromatic carbocycles. The monoisotopic (exact) mass is 287 g/mol. The average Bonchev–Trinajstić information content (AvgIpc) is 2.20.